The predicted molar refractivity (Wildman–Crippen MR) is 105 cm³/mol. The molecule has 1 fully saturated rings. The van der Waals surface area contributed by atoms with Gasteiger partial charge in [-0.1, -0.05) is 49.2 Å². The third-order valence-corrected chi connectivity index (χ3v) is 5.17. The van der Waals surface area contributed by atoms with Crippen LogP contribution >= 0.6 is 0 Å². The number of carbonyl (C=O) groups is 1. The lowest BCUT2D eigenvalue weighted by atomic mass is 9.97. The molecule has 1 N–H and O–H groups in total. The largest absolute Gasteiger partial charge is 0.356 e. The Bertz CT molecular complexity index is 743. The van der Waals surface area contributed by atoms with Gasteiger partial charge in [-0.05, 0) is 38.3 Å². The predicted octanol–water partition coefficient (Wildman–Crippen LogP) is 3.56. The van der Waals surface area contributed by atoms with Gasteiger partial charge in [0, 0.05) is 18.7 Å². The van der Waals surface area contributed by atoms with Crippen LogP contribution in [0.1, 0.15) is 50.5 Å². The van der Waals surface area contributed by atoms with Crippen molar-refractivity contribution in [1.29, 1.82) is 0 Å². The minimum atomic E-state index is 0.0548. The molecule has 3 rings (SSSR count). The van der Waals surface area contributed by atoms with Crippen molar-refractivity contribution < 1.29 is 9.32 Å². The van der Waals surface area contributed by atoms with Gasteiger partial charge in [0.25, 0.3) is 0 Å². The third-order valence-electron chi connectivity index (χ3n) is 5.17. The molecular weight excluding hydrogens is 340 g/mol. The molecule has 1 unspecified atom stereocenters. The third kappa shape index (κ3) is 5.39. The Morgan fingerprint density at radius 2 is 2.19 bits per heavy atom. The van der Waals surface area contributed by atoms with E-state index in [1.807, 2.05) is 31.2 Å². The van der Waals surface area contributed by atoms with E-state index in [1.165, 1.54) is 6.42 Å². The molecule has 1 aromatic carbocycles. The second-order valence-corrected chi connectivity index (χ2v) is 7.40. The van der Waals surface area contributed by atoms with Crippen molar-refractivity contribution in [3.8, 4) is 11.4 Å². The van der Waals surface area contributed by atoms with Gasteiger partial charge in [0.2, 0.25) is 17.6 Å². The Morgan fingerprint density at radius 1 is 1.33 bits per heavy atom. The summed E-state index contributed by atoms with van der Waals surface area (Å²) in [5.41, 5.74) is 2.12. The first-order valence-electron chi connectivity index (χ1n) is 10.1. The van der Waals surface area contributed by atoms with Crippen LogP contribution in [0.4, 0.5) is 0 Å². The maximum atomic E-state index is 12.4. The maximum absolute atomic E-state index is 12.4. The highest BCUT2D eigenvalue weighted by Gasteiger charge is 2.26. The summed E-state index contributed by atoms with van der Waals surface area (Å²) >= 11 is 0. The summed E-state index contributed by atoms with van der Waals surface area (Å²) < 4.78 is 5.46. The molecule has 27 heavy (non-hydrogen) atoms. The Balaban J connectivity index is 1.54. The number of benzene rings is 1. The van der Waals surface area contributed by atoms with Gasteiger partial charge in [-0.25, -0.2) is 0 Å². The molecule has 1 atom stereocenters. The zero-order chi connectivity index (χ0) is 19.1. The molecule has 1 aromatic heterocycles. The Labute approximate surface area is 161 Å². The Kier molecular flexibility index (Phi) is 6.98. The van der Waals surface area contributed by atoms with Gasteiger partial charge in [-0.3, -0.25) is 9.69 Å². The first-order chi connectivity index (χ1) is 13.2. The van der Waals surface area contributed by atoms with E-state index < -0.39 is 0 Å². The fourth-order valence-corrected chi connectivity index (χ4v) is 3.59. The van der Waals surface area contributed by atoms with Crippen molar-refractivity contribution in [3.05, 3.63) is 35.7 Å². The van der Waals surface area contributed by atoms with Crippen molar-refractivity contribution in [3.63, 3.8) is 0 Å². The van der Waals surface area contributed by atoms with E-state index in [-0.39, 0.29) is 11.8 Å². The minimum Gasteiger partial charge on any atom is -0.356 e. The summed E-state index contributed by atoms with van der Waals surface area (Å²) in [6.07, 6.45) is 5.36. The molecule has 1 saturated heterocycles. The van der Waals surface area contributed by atoms with Gasteiger partial charge in [0.1, 0.15) is 0 Å². The fourth-order valence-electron chi connectivity index (χ4n) is 3.59. The Hall–Kier alpha value is -2.21. The first kappa shape index (κ1) is 19.5. The summed E-state index contributed by atoms with van der Waals surface area (Å²) in [5, 5.41) is 7.22. The van der Waals surface area contributed by atoms with Gasteiger partial charge in [0.05, 0.1) is 12.5 Å². The monoisotopic (exact) mass is 370 g/mol. The van der Waals surface area contributed by atoms with E-state index in [1.54, 1.807) is 0 Å². The highest BCUT2D eigenvalue weighted by Crippen LogP contribution is 2.22. The van der Waals surface area contributed by atoms with E-state index in [2.05, 4.69) is 27.3 Å². The van der Waals surface area contributed by atoms with Crippen LogP contribution in [0.15, 0.2) is 28.8 Å². The summed E-state index contributed by atoms with van der Waals surface area (Å²) in [7, 11) is 0. The van der Waals surface area contributed by atoms with E-state index in [4.69, 9.17) is 4.52 Å². The van der Waals surface area contributed by atoms with E-state index in [9.17, 15) is 4.79 Å². The molecule has 6 heteroatoms. The second kappa shape index (κ2) is 9.65. The lowest BCUT2D eigenvalue weighted by molar-refractivity contribution is -0.126. The van der Waals surface area contributed by atoms with Gasteiger partial charge < -0.3 is 9.84 Å². The van der Waals surface area contributed by atoms with Gasteiger partial charge >= 0.3 is 0 Å². The zero-order valence-corrected chi connectivity index (χ0v) is 16.4. The lowest BCUT2D eigenvalue weighted by Gasteiger charge is -2.30. The SMILES string of the molecule is CCCCCNC(=O)C1CCCN(Cc2nc(-c3ccccc3C)no2)C1. The van der Waals surface area contributed by atoms with Crippen LogP contribution in [-0.4, -0.2) is 40.6 Å². The number of carbonyl (C=O) groups excluding carboxylic acids is 1. The number of nitrogens with zero attached hydrogens (tertiary/aromatic N) is 3. The second-order valence-electron chi connectivity index (χ2n) is 7.40. The number of nitrogens with one attached hydrogen (secondary N) is 1. The van der Waals surface area contributed by atoms with Crippen LogP contribution in [0.3, 0.4) is 0 Å². The van der Waals surface area contributed by atoms with Crippen molar-refractivity contribution >= 4 is 5.91 Å². The normalized spacial score (nSPS) is 17.8. The topological polar surface area (TPSA) is 71.3 Å². The van der Waals surface area contributed by atoms with Crippen molar-refractivity contribution in [1.82, 2.24) is 20.4 Å². The maximum Gasteiger partial charge on any atom is 0.241 e. The number of rotatable bonds is 8. The van der Waals surface area contributed by atoms with Crippen molar-refractivity contribution in [2.24, 2.45) is 5.92 Å². The number of hydrogen-bond donors (Lipinski definition) is 1. The highest BCUT2D eigenvalue weighted by atomic mass is 16.5. The Morgan fingerprint density at radius 3 is 3.00 bits per heavy atom. The van der Waals surface area contributed by atoms with Crippen LogP contribution in [0.2, 0.25) is 0 Å². The average molecular weight is 370 g/mol. The molecule has 6 nitrogen and oxygen atoms in total. The highest BCUT2D eigenvalue weighted by molar-refractivity contribution is 5.78. The van der Waals surface area contributed by atoms with Crippen molar-refractivity contribution in [2.75, 3.05) is 19.6 Å². The number of aryl methyl sites for hydroxylation is 1. The molecule has 0 radical (unpaired) electrons. The standard InChI is InChI=1S/C21H30N4O2/c1-3-4-7-12-22-21(26)17-10-8-13-25(14-17)15-19-23-20(24-27-19)18-11-6-5-9-16(18)2/h5-6,9,11,17H,3-4,7-8,10,12-15H2,1-2H3,(H,22,26). The molecule has 0 bridgehead atoms. The summed E-state index contributed by atoms with van der Waals surface area (Å²) in [6, 6.07) is 8.03. The fraction of sp³-hybridized carbons (Fsp3) is 0.571. The smallest absolute Gasteiger partial charge is 0.241 e. The van der Waals surface area contributed by atoms with Gasteiger partial charge in [-0.2, -0.15) is 4.98 Å². The van der Waals surface area contributed by atoms with E-state index in [0.717, 1.165) is 56.4 Å². The zero-order valence-electron chi connectivity index (χ0n) is 16.4. The number of aromatic nitrogens is 2. The van der Waals surface area contributed by atoms with Crippen LogP contribution < -0.4 is 5.32 Å². The number of amides is 1. The van der Waals surface area contributed by atoms with Crippen molar-refractivity contribution in [2.45, 2.75) is 52.5 Å². The van der Waals surface area contributed by atoms with Crippen LogP contribution in [0.5, 0.6) is 0 Å². The van der Waals surface area contributed by atoms with E-state index >= 15 is 0 Å². The number of piperidine rings is 1. The summed E-state index contributed by atoms with van der Waals surface area (Å²) in [4.78, 5) is 19.2. The lowest BCUT2D eigenvalue weighted by Crippen LogP contribution is -2.42. The summed E-state index contributed by atoms with van der Waals surface area (Å²) in [5.74, 6) is 1.48. The van der Waals surface area contributed by atoms with Gasteiger partial charge in [-0.15, -0.1) is 0 Å². The molecule has 2 heterocycles. The quantitative estimate of drug-likeness (QED) is 0.720. The molecule has 1 amide bonds. The minimum absolute atomic E-state index is 0.0548. The molecule has 2 aromatic rings. The number of likely N-dealkylation sites (tertiary alicyclic amines) is 1. The van der Waals surface area contributed by atoms with Gasteiger partial charge in [0.15, 0.2) is 0 Å². The molecular formula is C21H30N4O2. The average Bonchev–Trinajstić information content (AvgIpc) is 3.14. The number of hydrogen-bond acceptors (Lipinski definition) is 5. The molecule has 146 valence electrons. The molecule has 0 spiro atoms. The first-order valence-corrected chi connectivity index (χ1v) is 10.1. The van der Waals surface area contributed by atoms with Crippen LogP contribution in [0, 0.1) is 12.8 Å². The molecule has 0 aliphatic carbocycles. The number of unbranched alkanes of at least 4 members (excludes halogenated alkanes) is 2. The molecule has 1 aliphatic rings. The van der Waals surface area contributed by atoms with E-state index in [0.29, 0.717) is 18.3 Å². The summed E-state index contributed by atoms with van der Waals surface area (Å²) in [6.45, 7) is 7.30. The molecule has 0 saturated carbocycles. The van der Waals surface area contributed by atoms with Crippen LogP contribution in [-0.2, 0) is 11.3 Å². The molecule has 1 aliphatic heterocycles. The van der Waals surface area contributed by atoms with Crippen LogP contribution in [0.25, 0.3) is 11.4 Å².